The number of hydrogen-bond donors (Lipinski definition) is 1. The van der Waals surface area contributed by atoms with Crippen molar-refractivity contribution in [3.63, 3.8) is 0 Å². The number of hydrogen-bond acceptors (Lipinski definition) is 4. The van der Waals surface area contributed by atoms with Gasteiger partial charge >= 0.3 is 0 Å². The van der Waals surface area contributed by atoms with Crippen molar-refractivity contribution in [2.75, 3.05) is 6.54 Å². The topological polar surface area (TPSA) is 77.9 Å². The van der Waals surface area contributed by atoms with Gasteiger partial charge in [-0.2, -0.15) is 0 Å². The van der Waals surface area contributed by atoms with Crippen LogP contribution in [-0.4, -0.2) is 57.2 Å². The van der Waals surface area contributed by atoms with Gasteiger partial charge in [0, 0.05) is 36.0 Å². The lowest BCUT2D eigenvalue weighted by Crippen LogP contribution is -2.54. The molecule has 6 nitrogen and oxygen atoms in total. The van der Waals surface area contributed by atoms with Gasteiger partial charge in [0.1, 0.15) is 11.9 Å². The number of fused-ring (bicyclic) bond motifs is 1. The number of β-amino-alcohol motifs (C(OH)–C–C–N with tert-alkyl or cyclic N) is 1. The zero-order valence-corrected chi connectivity index (χ0v) is 20.8. The van der Waals surface area contributed by atoms with Crippen LogP contribution in [0.4, 0.5) is 4.39 Å². The van der Waals surface area contributed by atoms with E-state index in [0.29, 0.717) is 17.5 Å². The highest BCUT2D eigenvalue weighted by Gasteiger charge is 2.45. The summed E-state index contributed by atoms with van der Waals surface area (Å²) in [5.74, 6) is -1.43. The minimum atomic E-state index is -0.810. The summed E-state index contributed by atoms with van der Waals surface area (Å²) in [5, 5.41) is 10.3. The van der Waals surface area contributed by atoms with Gasteiger partial charge in [-0.05, 0) is 53.8 Å². The molecule has 0 aliphatic carbocycles. The number of aliphatic hydroxyl groups excluding tert-OH is 1. The maximum absolute atomic E-state index is 13.7. The van der Waals surface area contributed by atoms with Crippen LogP contribution in [0.2, 0.25) is 0 Å². The first kappa shape index (κ1) is 24.5. The summed E-state index contributed by atoms with van der Waals surface area (Å²) in [6.07, 6.45) is 0.191. The third-order valence-corrected chi connectivity index (χ3v) is 7.16. The van der Waals surface area contributed by atoms with E-state index in [0.717, 1.165) is 10.0 Å². The molecule has 0 aromatic heterocycles. The molecule has 0 unspecified atom stereocenters. The Kier molecular flexibility index (Phi) is 7.19. The van der Waals surface area contributed by atoms with Gasteiger partial charge in [-0.25, -0.2) is 4.39 Å². The minimum Gasteiger partial charge on any atom is -0.391 e. The molecule has 2 aliphatic heterocycles. The summed E-state index contributed by atoms with van der Waals surface area (Å²) in [7, 11) is 0. The van der Waals surface area contributed by atoms with Crippen LogP contribution in [0.5, 0.6) is 0 Å². The summed E-state index contributed by atoms with van der Waals surface area (Å²) >= 11 is 3.39. The van der Waals surface area contributed by atoms with E-state index in [9.17, 15) is 23.9 Å². The molecule has 8 heteroatoms. The Morgan fingerprint density at radius 1 is 1.18 bits per heavy atom. The number of likely N-dealkylation sites (tertiary alicyclic amines) is 1. The van der Waals surface area contributed by atoms with E-state index >= 15 is 0 Å². The maximum atomic E-state index is 13.7. The standard InChI is InChI=1S/C26H28BrFN2O4/c1-15(2)24(30-13-17-11-19(28)8-9-21(17)25(30)33)26(34)29-14-20(31)12-22(29)23(32)10-5-16-3-6-18(27)7-4-16/h3-4,6-9,11,15,20,22,24,31H,5,10,12-14H2,1-2H3/t20-,22+,24+/m1/s1. The van der Waals surface area contributed by atoms with Gasteiger partial charge in [0.05, 0.1) is 12.1 Å². The maximum Gasteiger partial charge on any atom is 0.255 e. The van der Waals surface area contributed by atoms with E-state index in [-0.39, 0.29) is 49.4 Å². The van der Waals surface area contributed by atoms with E-state index in [1.807, 2.05) is 38.1 Å². The number of carbonyl (C=O) groups is 3. The predicted molar refractivity (Wildman–Crippen MR) is 128 cm³/mol. The van der Waals surface area contributed by atoms with E-state index in [4.69, 9.17) is 0 Å². The SMILES string of the molecule is CC(C)[C@@H](C(=O)N1C[C@H](O)C[C@H]1C(=O)CCc1ccc(Br)cc1)N1Cc2cc(F)ccc2C1=O. The molecular formula is C26H28BrFN2O4. The smallest absolute Gasteiger partial charge is 0.255 e. The molecular weight excluding hydrogens is 503 g/mol. The highest BCUT2D eigenvalue weighted by atomic mass is 79.9. The number of nitrogens with zero attached hydrogens (tertiary/aromatic N) is 2. The molecule has 1 N–H and O–H groups in total. The second-order valence-corrected chi connectivity index (χ2v) is 10.3. The van der Waals surface area contributed by atoms with Crippen LogP contribution in [0, 0.1) is 11.7 Å². The van der Waals surface area contributed by atoms with E-state index in [1.54, 1.807) is 0 Å². The van der Waals surface area contributed by atoms with Crippen molar-refractivity contribution in [1.82, 2.24) is 9.80 Å². The molecule has 2 aromatic rings. The van der Waals surface area contributed by atoms with Crippen molar-refractivity contribution in [3.8, 4) is 0 Å². The van der Waals surface area contributed by atoms with Crippen LogP contribution in [0.15, 0.2) is 46.9 Å². The lowest BCUT2D eigenvalue weighted by atomic mass is 9.98. The van der Waals surface area contributed by atoms with Crippen molar-refractivity contribution >= 4 is 33.5 Å². The molecule has 180 valence electrons. The molecule has 4 rings (SSSR count). The fourth-order valence-corrected chi connectivity index (χ4v) is 5.20. The number of aliphatic hydroxyl groups is 1. The van der Waals surface area contributed by atoms with Gasteiger partial charge in [-0.1, -0.05) is 41.9 Å². The Hall–Kier alpha value is -2.58. The largest absolute Gasteiger partial charge is 0.391 e. The summed E-state index contributed by atoms with van der Waals surface area (Å²) in [4.78, 5) is 42.8. The summed E-state index contributed by atoms with van der Waals surface area (Å²) < 4.78 is 14.7. The second kappa shape index (κ2) is 9.96. The van der Waals surface area contributed by atoms with Crippen LogP contribution in [-0.2, 0) is 22.6 Å². The van der Waals surface area contributed by atoms with E-state index in [1.165, 1.54) is 28.0 Å². The zero-order valence-electron chi connectivity index (χ0n) is 19.2. The van der Waals surface area contributed by atoms with Gasteiger partial charge in [0.15, 0.2) is 5.78 Å². The van der Waals surface area contributed by atoms with Crippen molar-refractivity contribution in [1.29, 1.82) is 0 Å². The third kappa shape index (κ3) is 4.93. The lowest BCUT2D eigenvalue weighted by molar-refractivity contribution is -0.142. The van der Waals surface area contributed by atoms with Gasteiger partial charge in [0.25, 0.3) is 5.91 Å². The average molecular weight is 531 g/mol. The fourth-order valence-electron chi connectivity index (χ4n) is 4.93. The molecule has 0 saturated carbocycles. The van der Waals surface area contributed by atoms with Crippen LogP contribution < -0.4 is 0 Å². The molecule has 34 heavy (non-hydrogen) atoms. The van der Waals surface area contributed by atoms with Crippen molar-refractivity contribution in [2.24, 2.45) is 5.92 Å². The molecule has 0 radical (unpaired) electrons. The van der Waals surface area contributed by atoms with Gasteiger partial charge in [0.2, 0.25) is 5.91 Å². The normalized spacial score (nSPS) is 20.7. The Morgan fingerprint density at radius 2 is 1.88 bits per heavy atom. The summed E-state index contributed by atoms with van der Waals surface area (Å²) in [5.41, 5.74) is 1.95. The van der Waals surface area contributed by atoms with E-state index < -0.39 is 24.0 Å². The number of aryl methyl sites for hydroxylation is 1. The van der Waals surface area contributed by atoms with Crippen LogP contribution in [0.3, 0.4) is 0 Å². The number of carbonyl (C=O) groups excluding carboxylic acids is 3. The summed E-state index contributed by atoms with van der Waals surface area (Å²) in [6.45, 7) is 3.88. The van der Waals surface area contributed by atoms with Gasteiger partial charge in [-0.15, -0.1) is 0 Å². The number of Topliss-reactive ketones (excluding diaryl/α,β-unsaturated/α-hetero) is 1. The Labute approximate surface area is 206 Å². The molecule has 2 heterocycles. The average Bonchev–Trinajstić information content (AvgIpc) is 3.33. The highest BCUT2D eigenvalue weighted by molar-refractivity contribution is 9.10. The third-order valence-electron chi connectivity index (χ3n) is 6.63. The Balaban J connectivity index is 1.51. The first-order chi connectivity index (χ1) is 16.2. The van der Waals surface area contributed by atoms with Gasteiger partial charge in [-0.3, -0.25) is 14.4 Å². The van der Waals surface area contributed by atoms with Crippen LogP contribution in [0.25, 0.3) is 0 Å². The highest BCUT2D eigenvalue weighted by Crippen LogP contribution is 2.31. The van der Waals surface area contributed by atoms with Crippen molar-refractivity contribution < 1.29 is 23.9 Å². The number of rotatable bonds is 7. The molecule has 2 amide bonds. The number of ketones is 1. The molecule has 0 spiro atoms. The fraction of sp³-hybridized carbons (Fsp3) is 0.423. The monoisotopic (exact) mass is 530 g/mol. The quantitative estimate of drug-likeness (QED) is 0.591. The van der Waals surface area contributed by atoms with Gasteiger partial charge < -0.3 is 14.9 Å². The molecule has 3 atom stereocenters. The van der Waals surface area contributed by atoms with Crippen LogP contribution >= 0.6 is 15.9 Å². The first-order valence-corrected chi connectivity index (χ1v) is 12.3. The molecule has 2 aromatic carbocycles. The first-order valence-electron chi connectivity index (χ1n) is 11.5. The summed E-state index contributed by atoms with van der Waals surface area (Å²) in [6, 6.07) is 10.2. The Morgan fingerprint density at radius 3 is 2.56 bits per heavy atom. The lowest BCUT2D eigenvalue weighted by Gasteiger charge is -2.35. The van der Waals surface area contributed by atoms with Crippen molar-refractivity contribution in [2.45, 2.75) is 57.8 Å². The number of halogens is 2. The second-order valence-electron chi connectivity index (χ2n) is 9.41. The minimum absolute atomic E-state index is 0.0559. The molecule has 1 fully saturated rings. The number of amides is 2. The number of benzene rings is 2. The van der Waals surface area contributed by atoms with E-state index in [2.05, 4.69) is 15.9 Å². The zero-order chi connectivity index (χ0) is 24.6. The van der Waals surface area contributed by atoms with Crippen molar-refractivity contribution in [3.05, 3.63) is 69.4 Å². The molecule has 1 saturated heterocycles. The molecule has 2 aliphatic rings. The Bertz CT molecular complexity index is 1100. The van der Waals surface area contributed by atoms with Crippen LogP contribution in [0.1, 0.15) is 48.2 Å². The molecule has 0 bridgehead atoms. The predicted octanol–water partition coefficient (Wildman–Crippen LogP) is 3.73.